The van der Waals surface area contributed by atoms with Gasteiger partial charge in [-0.1, -0.05) is 43.6 Å². The Kier molecular flexibility index (Phi) is 6.47. The Labute approximate surface area is 169 Å². The summed E-state index contributed by atoms with van der Waals surface area (Å²) in [5.74, 6) is 0.419. The predicted molar refractivity (Wildman–Crippen MR) is 109 cm³/mol. The third-order valence-corrected chi connectivity index (χ3v) is 4.56. The topological polar surface area (TPSA) is 38.1 Å². The number of carbonyl (C=O) groups is 1. The lowest BCUT2D eigenvalue weighted by Gasteiger charge is -2.25. The number of halogens is 2. The zero-order valence-corrected chi connectivity index (χ0v) is 16.7. The molecule has 0 spiro atoms. The molecule has 1 aromatic heterocycles. The lowest BCUT2D eigenvalue weighted by molar-refractivity contribution is 0.0715. The number of aromatic nitrogens is 2. The van der Waals surface area contributed by atoms with Gasteiger partial charge in [0.2, 0.25) is 0 Å². The third kappa shape index (κ3) is 5.20. The van der Waals surface area contributed by atoms with E-state index in [0.29, 0.717) is 30.2 Å². The van der Waals surface area contributed by atoms with Crippen LogP contribution in [0.15, 0.2) is 60.9 Å². The molecule has 2 aromatic carbocycles. The summed E-state index contributed by atoms with van der Waals surface area (Å²) in [6.45, 7) is 5.61. The van der Waals surface area contributed by atoms with Crippen LogP contribution in [0.3, 0.4) is 0 Å². The zero-order valence-electron chi connectivity index (χ0n) is 16.0. The number of rotatable bonds is 7. The van der Waals surface area contributed by atoms with E-state index in [9.17, 15) is 9.18 Å². The van der Waals surface area contributed by atoms with Gasteiger partial charge in [0.15, 0.2) is 0 Å². The predicted octanol–water partition coefficient (Wildman–Crippen LogP) is 5.02. The normalized spacial score (nSPS) is 11.0. The van der Waals surface area contributed by atoms with Crippen LogP contribution in [0.4, 0.5) is 4.39 Å². The van der Waals surface area contributed by atoms with Crippen molar-refractivity contribution in [1.29, 1.82) is 0 Å². The molecule has 0 radical (unpaired) electrons. The highest BCUT2D eigenvalue weighted by atomic mass is 35.5. The standard InChI is InChI=1S/C22H23ClFN3O/c1-16(2)13-27(22(28)18-6-4-8-20(24)12-18)15-21-25-9-10-26(21)14-17-5-3-7-19(23)11-17/h3-12,16H,13-15H2,1-2H3. The molecule has 0 unspecified atom stereocenters. The first-order chi connectivity index (χ1) is 13.4. The van der Waals surface area contributed by atoms with Crippen molar-refractivity contribution in [3.8, 4) is 0 Å². The molecular formula is C22H23ClFN3O. The Hall–Kier alpha value is -2.66. The van der Waals surface area contributed by atoms with E-state index in [-0.39, 0.29) is 11.8 Å². The highest BCUT2D eigenvalue weighted by Crippen LogP contribution is 2.16. The van der Waals surface area contributed by atoms with Crippen LogP contribution in [0.25, 0.3) is 0 Å². The largest absolute Gasteiger partial charge is 0.331 e. The van der Waals surface area contributed by atoms with Crippen molar-refractivity contribution in [2.75, 3.05) is 6.54 Å². The quantitative estimate of drug-likeness (QED) is 0.559. The van der Waals surface area contributed by atoms with E-state index >= 15 is 0 Å². The maximum atomic E-state index is 13.6. The van der Waals surface area contributed by atoms with Crippen LogP contribution in [0, 0.1) is 11.7 Å². The van der Waals surface area contributed by atoms with E-state index in [0.717, 1.165) is 11.4 Å². The Morgan fingerprint density at radius 1 is 1.21 bits per heavy atom. The van der Waals surface area contributed by atoms with Crippen LogP contribution in [-0.2, 0) is 13.1 Å². The van der Waals surface area contributed by atoms with Crippen LogP contribution in [0.2, 0.25) is 5.02 Å². The number of amides is 1. The van der Waals surface area contributed by atoms with Crippen molar-refractivity contribution in [3.63, 3.8) is 0 Å². The summed E-state index contributed by atoms with van der Waals surface area (Å²) >= 11 is 6.08. The van der Waals surface area contributed by atoms with Gasteiger partial charge in [0.25, 0.3) is 5.91 Å². The van der Waals surface area contributed by atoms with E-state index in [4.69, 9.17) is 11.6 Å². The molecule has 0 fully saturated rings. The molecular weight excluding hydrogens is 377 g/mol. The molecule has 6 heteroatoms. The highest BCUT2D eigenvalue weighted by molar-refractivity contribution is 6.30. The number of benzene rings is 2. The van der Waals surface area contributed by atoms with Gasteiger partial charge in [-0.15, -0.1) is 0 Å². The maximum Gasteiger partial charge on any atom is 0.254 e. The monoisotopic (exact) mass is 399 g/mol. The molecule has 0 aliphatic heterocycles. The minimum Gasteiger partial charge on any atom is -0.331 e. The van der Waals surface area contributed by atoms with E-state index in [2.05, 4.69) is 4.98 Å². The first kappa shape index (κ1) is 20.1. The highest BCUT2D eigenvalue weighted by Gasteiger charge is 2.20. The van der Waals surface area contributed by atoms with Crippen LogP contribution in [0.5, 0.6) is 0 Å². The van der Waals surface area contributed by atoms with Gasteiger partial charge in [0.05, 0.1) is 6.54 Å². The fraction of sp³-hybridized carbons (Fsp3) is 0.273. The van der Waals surface area contributed by atoms with Crippen LogP contribution in [0.1, 0.15) is 35.6 Å². The minimum absolute atomic E-state index is 0.203. The summed E-state index contributed by atoms with van der Waals surface area (Å²) in [6.07, 6.45) is 3.61. The van der Waals surface area contributed by atoms with Gasteiger partial charge in [-0.05, 0) is 41.8 Å². The molecule has 0 aliphatic rings. The number of hydrogen-bond acceptors (Lipinski definition) is 2. The minimum atomic E-state index is -0.419. The van der Waals surface area contributed by atoms with Crippen molar-refractivity contribution in [1.82, 2.24) is 14.5 Å². The van der Waals surface area contributed by atoms with Crippen LogP contribution >= 0.6 is 11.6 Å². The SMILES string of the molecule is CC(C)CN(Cc1nccn1Cc1cccc(Cl)c1)C(=O)c1cccc(F)c1. The average molecular weight is 400 g/mol. The third-order valence-electron chi connectivity index (χ3n) is 4.32. The Morgan fingerprint density at radius 2 is 2.00 bits per heavy atom. The summed E-state index contributed by atoms with van der Waals surface area (Å²) in [5, 5.41) is 0.682. The molecule has 146 valence electrons. The number of carbonyl (C=O) groups excluding carboxylic acids is 1. The smallest absolute Gasteiger partial charge is 0.254 e. The number of hydrogen-bond donors (Lipinski definition) is 0. The van der Waals surface area contributed by atoms with Gasteiger partial charge in [0.1, 0.15) is 11.6 Å². The molecule has 28 heavy (non-hydrogen) atoms. The Morgan fingerprint density at radius 3 is 2.71 bits per heavy atom. The second-order valence-electron chi connectivity index (χ2n) is 7.19. The summed E-state index contributed by atoms with van der Waals surface area (Å²) in [5.41, 5.74) is 1.40. The van der Waals surface area contributed by atoms with Crippen molar-refractivity contribution in [3.05, 3.63) is 88.7 Å². The Bertz CT molecular complexity index is 954. The lowest BCUT2D eigenvalue weighted by Crippen LogP contribution is -2.34. The molecule has 0 saturated heterocycles. The van der Waals surface area contributed by atoms with E-state index in [1.54, 1.807) is 23.2 Å². The molecule has 0 aliphatic carbocycles. The van der Waals surface area contributed by atoms with Gasteiger partial charge in [-0.2, -0.15) is 0 Å². The van der Waals surface area contributed by atoms with Gasteiger partial charge < -0.3 is 9.47 Å². The molecule has 0 bridgehead atoms. The van der Waals surface area contributed by atoms with E-state index in [1.807, 2.05) is 48.9 Å². The maximum absolute atomic E-state index is 13.6. The van der Waals surface area contributed by atoms with Gasteiger partial charge in [-0.25, -0.2) is 9.37 Å². The lowest BCUT2D eigenvalue weighted by atomic mass is 10.1. The zero-order chi connectivity index (χ0) is 20.1. The first-order valence-corrected chi connectivity index (χ1v) is 9.59. The van der Waals surface area contributed by atoms with Gasteiger partial charge in [-0.3, -0.25) is 4.79 Å². The molecule has 0 saturated carbocycles. The second-order valence-corrected chi connectivity index (χ2v) is 7.63. The van der Waals surface area contributed by atoms with E-state index in [1.165, 1.54) is 12.1 Å². The molecule has 0 N–H and O–H groups in total. The molecule has 0 atom stereocenters. The number of nitrogens with zero attached hydrogens (tertiary/aromatic N) is 3. The van der Waals surface area contributed by atoms with Gasteiger partial charge >= 0.3 is 0 Å². The molecule has 1 heterocycles. The molecule has 3 aromatic rings. The summed E-state index contributed by atoms with van der Waals surface area (Å²) in [7, 11) is 0. The number of imidazole rings is 1. The van der Waals surface area contributed by atoms with Crippen molar-refractivity contribution in [2.24, 2.45) is 5.92 Å². The summed E-state index contributed by atoms with van der Waals surface area (Å²) < 4.78 is 15.6. The molecule has 3 rings (SSSR count). The van der Waals surface area contributed by atoms with Crippen molar-refractivity contribution < 1.29 is 9.18 Å². The average Bonchev–Trinajstić information content (AvgIpc) is 3.07. The molecule has 4 nitrogen and oxygen atoms in total. The fourth-order valence-corrected chi connectivity index (χ4v) is 3.32. The van der Waals surface area contributed by atoms with Crippen molar-refractivity contribution in [2.45, 2.75) is 26.9 Å². The summed E-state index contributed by atoms with van der Waals surface area (Å²) in [4.78, 5) is 19.1. The fourth-order valence-electron chi connectivity index (χ4n) is 3.10. The van der Waals surface area contributed by atoms with Crippen LogP contribution in [-0.4, -0.2) is 26.9 Å². The first-order valence-electron chi connectivity index (χ1n) is 9.21. The molecule has 1 amide bonds. The second kappa shape index (κ2) is 9.02. The Balaban J connectivity index is 1.82. The van der Waals surface area contributed by atoms with E-state index < -0.39 is 5.82 Å². The summed E-state index contributed by atoms with van der Waals surface area (Å²) in [6, 6.07) is 13.5. The van der Waals surface area contributed by atoms with Crippen molar-refractivity contribution >= 4 is 17.5 Å². The van der Waals surface area contributed by atoms with Gasteiger partial charge in [0, 0.05) is 36.1 Å². The van der Waals surface area contributed by atoms with Crippen LogP contribution < -0.4 is 0 Å².